The van der Waals surface area contributed by atoms with E-state index < -0.39 is 171 Å². The molecule has 8 rings (SSSR count). The fourth-order valence-corrected chi connectivity index (χ4v) is 14.0. The summed E-state index contributed by atoms with van der Waals surface area (Å²) in [5, 5.41) is 23.5. The van der Waals surface area contributed by atoms with Crippen LogP contribution in [0, 0.1) is 0 Å². The summed E-state index contributed by atoms with van der Waals surface area (Å²) in [5.74, 6) is -3.23. The van der Waals surface area contributed by atoms with Crippen LogP contribution in [0.15, 0.2) is 169 Å². The van der Waals surface area contributed by atoms with Gasteiger partial charge in [-0.3, -0.25) is 18.0 Å². The Labute approximate surface area is 719 Å². The molecule has 0 saturated heterocycles. The van der Waals surface area contributed by atoms with Gasteiger partial charge in [-0.2, -0.15) is 40.7 Å². The average Bonchev–Trinajstić information content (AvgIpc) is 0.979. The van der Waals surface area contributed by atoms with Gasteiger partial charge in [0, 0.05) is 21.5 Å². The zero-order chi connectivity index (χ0) is 63.9. The van der Waals surface area contributed by atoms with E-state index in [2.05, 4.69) is 39.0 Å². The maximum absolute atomic E-state index is 13.1. The normalized spacial score (nSPS) is 15.7. The number of azo groups is 2. The van der Waals surface area contributed by atoms with E-state index in [1.54, 1.807) is 0 Å². The van der Waals surface area contributed by atoms with Gasteiger partial charge >= 0.3 is 243 Å². The van der Waals surface area contributed by atoms with Gasteiger partial charge in [-0.15, -0.1) is 0 Å². The summed E-state index contributed by atoms with van der Waals surface area (Å²) >= 11 is 0. The minimum Gasteiger partial charge on any atom is -0.744 e. The molecule has 2 aliphatic rings. The van der Waals surface area contributed by atoms with E-state index in [0.717, 1.165) is 94.9 Å². The second-order valence-electron chi connectivity index (χ2n) is 17.5. The SMILES string of the molecule is CC1=NN(c2ccc(S(=O)(=O)CCOS(=O)(=O)[O-])cc2)C(=O)C1N=Nc1ccc2c(S(=O)(=O)[O-])cccc2c1S(=O)(=O)[O-].CC1=NN(c2ccc(S(=O)(=O)CCOS(=O)(=O)[O-])cc2)C(=O)C1N=Nc1ccc2c(S(=O)(=O)[O-])cccc2c1S(=O)(=O)[O-].[K+].[K+].[K+].[Na+].[Na+].[Na+]. The van der Waals surface area contributed by atoms with Gasteiger partial charge in [0.2, 0.25) is 20.8 Å². The summed E-state index contributed by atoms with van der Waals surface area (Å²) < 4.78 is 263. The first-order valence-electron chi connectivity index (χ1n) is 23.0. The Morgan fingerprint density at radius 2 is 0.728 bits per heavy atom. The molecule has 0 aromatic heterocycles. The summed E-state index contributed by atoms with van der Waals surface area (Å²) in [6, 6.07) is 16.7. The predicted molar refractivity (Wildman–Crippen MR) is 286 cm³/mol. The predicted octanol–water partition coefficient (Wildman–Crippen LogP) is -16.4. The van der Waals surface area contributed by atoms with E-state index in [1.165, 1.54) is 38.1 Å². The smallest absolute Gasteiger partial charge is 0.744 e. The van der Waals surface area contributed by atoms with Crippen molar-refractivity contribution in [3.8, 4) is 0 Å². The molecule has 0 aliphatic carbocycles. The number of carbonyl (C=O) groups excluding carboxylic acids is 2. The standard InChI is InChI=1S/2C22H20N4O13S4.3K.3Na/c2*1-13-20(22(27)26(25-13)14-5-7-15(8-6-14)40(28,29)12-11-39-43(36,37)38)24-23-18-10-9-16-17(21(18)42(33,34)35)3-2-4-19(16)41(30,31)32;;;;;;/h2*2-10,20H,11-12H2,1H3,(H,30,31,32)(H,33,34,35)(H,36,37,38);;;;;;/q;;6*+1/p-6. The zero-order valence-electron chi connectivity index (χ0n) is 48.8. The summed E-state index contributed by atoms with van der Waals surface area (Å²) in [6.45, 7) is 0.980. The molecule has 2 amide bonds. The van der Waals surface area contributed by atoms with Crippen molar-refractivity contribution in [2.45, 2.75) is 55.3 Å². The maximum atomic E-state index is 13.1. The maximum Gasteiger partial charge on any atom is 1.00 e. The summed E-state index contributed by atoms with van der Waals surface area (Å²) in [5.41, 5.74) is -0.754. The third-order valence-corrected chi connectivity index (χ3v) is 19.7. The molecular formula is C44H34K3N8Na3O26S8. The minimum atomic E-state index is -5.31. The number of fused-ring (bicyclic) bond motifs is 2. The van der Waals surface area contributed by atoms with Crippen molar-refractivity contribution in [2.75, 3.05) is 34.7 Å². The van der Waals surface area contributed by atoms with Crippen LogP contribution < -0.4 is 253 Å². The fourth-order valence-electron chi connectivity index (χ4n) is 8.00. The summed E-state index contributed by atoms with van der Waals surface area (Å²) in [4.78, 5) is 22.1. The van der Waals surface area contributed by atoms with Crippen LogP contribution in [-0.2, 0) is 98.9 Å². The summed E-state index contributed by atoms with van der Waals surface area (Å²) in [6.07, 6.45) is 0. The van der Waals surface area contributed by atoms with Gasteiger partial charge in [0.1, 0.15) is 51.8 Å². The second-order valence-corrected chi connectivity index (χ2v) is 29.1. The number of benzene rings is 6. The van der Waals surface area contributed by atoms with Crippen molar-refractivity contribution in [1.29, 1.82) is 0 Å². The van der Waals surface area contributed by atoms with Crippen molar-refractivity contribution in [2.24, 2.45) is 30.7 Å². The van der Waals surface area contributed by atoms with Gasteiger partial charge in [0.15, 0.2) is 31.8 Å². The number of nitrogens with zero attached hydrogens (tertiary/aromatic N) is 8. The second kappa shape index (κ2) is 35.9. The zero-order valence-corrected chi connectivity index (χ0v) is 70.7. The third-order valence-electron chi connectivity index (χ3n) is 11.7. The van der Waals surface area contributed by atoms with Crippen LogP contribution in [0.3, 0.4) is 0 Å². The average molecular weight is 1530 g/mol. The van der Waals surface area contributed by atoms with Crippen molar-refractivity contribution in [3.63, 3.8) is 0 Å². The van der Waals surface area contributed by atoms with Gasteiger partial charge < -0.3 is 27.3 Å². The van der Waals surface area contributed by atoms with Gasteiger partial charge in [-0.05, 0) is 86.6 Å². The quantitative estimate of drug-likeness (QED) is 0.0296. The Kier molecular flexibility index (Phi) is 35.3. The van der Waals surface area contributed by atoms with Crippen LogP contribution in [-0.4, -0.2) is 155 Å². The third kappa shape index (κ3) is 23.3. The number of amides is 2. The van der Waals surface area contributed by atoms with E-state index in [-0.39, 0.29) is 286 Å². The van der Waals surface area contributed by atoms with Crippen molar-refractivity contribution < 1.29 is 355 Å². The first kappa shape index (κ1) is 90.5. The van der Waals surface area contributed by atoms with Crippen molar-refractivity contribution in [1.82, 2.24) is 0 Å². The van der Waals surface area contributed by atoms with Crippen LogP contribution in [0.25, 0.3) is 21.5 Å². The molecule has 2 atom stereocenters. The number of hydrogen-bond acceptors (Lipinski definition) is 32. The Bertz CT molecular complexity index is 4600. The number of hydrogen-bond donors (Lipinski definition) is 0. The molecular weight excluding hydrogens is 1500 g/mol. The number of rotatable bonds is 20. The van der Waals surface area contributed by atoms with E-state index in [4.69, 9.17) is 0 Å². The number of carbonyl (C=O) groups is 2. The molecule has 0 fully saturated rings. The molecule has 6 aromatic rings. The Morgan fingerprint density at radius 1 is 0.424 bits per heavy atom. The Hall–Kier alpha value is 0.509. The molecule has 92 heavy (non-hydrogen) atoms. The molecule has 34 nitrogen and oxygen atoms in total. The molecule has 0 spiro atoms. The van der Waals surface area contributed by atoms with Crippen molar-refractivity contribution >= 4 is 148 Å². The molecule has 48 heteroatoms. The summed E-state index contributed by atoms with van der Waals surface area (Å²) in [7, 11) is -39.0. The molecule has 0 bridgehead atoms. The van der Waals surface area contributed by atoms with Crippen LogP contribution in [0.4, 0.5) is 22.7 Å². The van der Waals surface area contributed by atoms with Crippen molar-refractivity contribution in [3.05, 3.63) is 109 Å². The molecule has 0 N–H and O–H groups in total. The topological polar surface area (TPSA) is 545 Å². The largest absolute Gasteiger partial charge is 1.00 e. The first-order chi connectivity index (χ1) is 39.6. The van der Waals surface area contributed by atoms with E-state index >= 15 is 0 Å². The van der Waals surface area contributed by atoms with E-state index in [9.17, 15) is 104 Å². The van der Waals surface area contributed by atoms with Crippen LogP contribution >= 0.6 is 0 Å². The molecule has 2 heterocycles. The first-order valence-corrected chi connectivity index (χ1v) is 34.6. The number of sulfone groups is 2. The Morgan fingerprint density at radius 3 is 1.00 bits per heavy atom. The molecule has 2 aliphatic heterocycles. The molecule has 460 valence electrons. The Balaban J connectivity index is 0.000000864. The van der Waals surface area contributed by atoms with Gasteiger partial charge in [0.25, 0.3) is 11.8 Å². The van der Waals surface area contributed by atoms with Gasteiger partial charge in [0.05, 0.1) is 76.9 Å². The molecule has 2 unspecified atom stereocenters. The number of anilines is 2. The monoisotopic (exact) mass is 1530 g/mol. The van der Waals surface area contributed by atoms with E-state index in [0.29, 0.717) is 0 Å². The van der Waals surface area contributed by atoms with Crippen LogP contribution in [0.1, 0.15) is 13.8 Å². The fraction of sp³-hybridized carbons (Fsp3) is 0.182. The molecule has 0 radical (unpaired) electrons. The van der Waals surface area contributed by atoms with Gasteiger partial charge in [-0.1, -0.05) is 36.4 Å². The molecule has 0 saturated carbocycles. The number of hydrazone groups is 2. The van der Waals surface area contributed by atoms with Crippen LogP contribution in [0.2, 0.25) is 0 Å². The van der Waals surface area contributed by atoms with Crippen LogP contribution in [0.5, 0.6) is 0 Å². The minimum absolute atomic E-state index is 0. The molecule has 6 aromatic carbocycles. The van der Waals surface area contributed by atoms with Gasteiger partial charge in [-0.25, -0.2) is 67.3 Å². The van der Waals surface area contributed by atoms with E-state index in [1.807, 2.05) is 0 Å².